The zero-order chi connectivity index (χ0) is 58.6. The summed E-state index contributed by atoms with van der Waals surface area (Å²) in [6, 6.07) is 13.2. The Labute approximate surface area is 512 Å². The highest BCUT2D eigenvalue weighted by atomic mass is 16.7. The van der Waals surface area contributed by atoms with Crippen molar-refractivity contribution < 1.29 is 53.1 Å². The summed E-state index contributed by atoms with van der Waals surface area (Å²) < 4.78 is 37.2. The van der Waals surface area contributed by atoms with E-state index in [-0.39, 0.29) is 71.8 Å². The fourth-order valence-corrected chi connectivity index (χ4v) is 28.3. The van der Waals surface area contributed by atoms with Gasteiger partial charge >= 0.3 is 11.9 Å². The van der Waals surface area contributed by atoms with Gasteiger partial charge in [-0.1, -0.05) is 94.2 Å². The number of nitrogens with zero attached hydrogens (tertiary/aromatic N) is 1. The van der Waals surface area contributed by atoms with Crippen molar-refractivity contribution in [1.29, 1.82) is 0 Å². The van der Waals surface area contributed by atoms with Crippen LogP contribution in [-0.2, 0) is 46.2 Å². The van der Waals surface area contributed by atoms with Gasteiger partial charge in [-0.2, -0.15) is 0 Å². The molecule has 13 heteroatoms. The third-order valence-electron chi connectivity index (χ3n) is 30.8. The number of esters is 2. The molecule has 6 spiro atoms. The van der Waals surface area contributed by atoms with Crippen LogP contribution in [0, 0.1) is 116 Å². The van der Waals surface area contributed by atoms with Gasteiger partial charge in [0.25, 0.3) is 0 Å². The first-order valence-corrected chi connectivity index (χ1v) is 35.2. The topological polar surface area (TPSA) is 181 Å². The lowest BCUT2D eigenvalue weighted by atomic mass is 9.29. The fraction of sp³-hybridized carbons (Fsp3) is 0.743. The van der Waals surface area contributed by atoms with Crippen molar-refractivity contribution in [3.63, 3.8) is 0 Å². The molecular weight excluding hydrogens is 1090 g/mol. The number of aliphatic hydroxyl groups excluding tert-OH is 3. The predicted octanol–water partition coefficient (Wildman–Crippen LogP) is 10.2. The summed E-state index contributed by atoms with van der Waals surface area (Å²) in [7, 11) is 0. The van der Waals surface area contributed by atoms with Gasteiger partial charge in [0.05, 0.1) is 48.5 Å². The van der Waals surface area contributed by atoms with Gasteiger partial charge in [-0.3, -0.25) is 14.9 Å². The van der Waals surface area contributed by atoms with Gasteiger partial charge in [-0.15, -0.1) is 0 Å². The van der Waals surface area contributed by atoms with Crippen molar-refractivity contribution in [1.82, 2.24) is 10.2 Å². The highest BCUT2D eigenvalue weighted by Crippen LogP contribution is 2.91. The van der Waals surface area contributed by atoms with Gasteiger partial charge in [0.15, 0.2) is 11.9 Å². The molecule has 13 nitrogen and oxygen atoms in total. The molecule has 5 bridgehead atoms. The Hall–Kier alpha value is -4.11. The predicted molar refractivity (Wildman–Crippen MR) is 319 cm³/mol. The van der Waals surface area contributed by atoms with Gasteiger partial charge in [0.1, 0.15) is 35.8 Å². The highest BCUT2D eigenvalue weighted by Gasteiger charge is 2.99. The van der Waals surface area contributed by atoms with Crippen LogP contribution in [0.1, 0.15) is 159 Å². The summed E-state index contributed by atoms with van der Waals surface area (Å²) in [6.45, 7) is 6.34. The standard InChI is InChI=1S/C74H92N2O11/c1-40-50-16-7-13-43(50)19-25-68(40)23-9-24-71-57(68)32-49-31-47-15-8-22-69(47)35-46-34-67(2)63(52-21-27-83-56(52)33-53(55(78)37-77)44-17-18-51-45(30-44)20-26-76-39-75-36-54(51)76)85-66(82)64-74(67,86-64)72(48-14-6-12-42(29-48)28-41-10-4-3-5-11-41)59(46)70(60(71)58(79)62(72)80)38-84-65(81)61(69)73(49,70)87-71/h3-5,10-11,19-21,25-27,32,40,42-48,50-51,53-55,57,59-64,75,77-78,80H,6-9,12-18,22-24,28-31,33-39H2,1-2H3/t40-,42-,43+,44-,45-,46+,47-,48+,50+,51+,53+,54+,55-,57+,59-,60+,61+,62-,63+,64-,67+,68-,69+,70-,71+,72+,73+,74-/m1/s1. The summed E-state index contributed by atoms with van der Waals surface area (Å²) in [5, 5.41) is 41.4. The van der Waals surface area contributed by atoms with Crippen molar-refractivity contribution in [2.45, 2.75) is 196 Å². The quantitative estimate of drug-likeness (QED) is 0.106. The molecule has 1 aromatic heterocycles. The SMILES string of the molecule is C[C@@H]1[C@@H]2CCC[C@H]2C=C[C@]12CCC[C@]13O[C@]45C(=C[C@@H]21)C[C@H]1CCC[C@]12C[C@@H]1C[C@@]6(C)[C@H](c7ccoc7C[C@@H]([C@@H]7CC[C@H]8[C@H](C=CN9CNC[C@@H]89)C7)[C@H](O)CO)OC(=O)[C@H]7O[C@]76[C@]6([C@H]7CCC[C@H](Cc8ccccc8)C7)[C@H](O)C(=O)[C@H]3[C@@]4(COC(=O)[C@@H]25)[C@@H]16. The normalized spacial score (nSPS) is 53.5. The van der Waals surface area contributed by atoms with Crippen LogP contribution in [0.2, 0.25) is 0 Å². The number of hydrogen-bond acceptors (Lipinski definition) is 13. The number of furan rings is 1. The number of ether oxygens (including phenoxy) is 4. The molecule has 0 radical (unpaired) electrons. The molecule has 0 unspecified atom stereocenters. The van der Waals surface area contributed by atoms with Crippen LogP contribution >= 0.6 is 0 Å². The Kier molecular flexibility index (Phi) is 11.5. The number of rotatable bonds is 9. The minimum atomic E-state index is -1.50. The van der Waals surface area contributed by atoms with Crippen LogP contribution in [0.4, 0.5) is 0 Å². The monoisotopic (exact) mass is 1180 g/mol. The number of Topliss-reactive ketones (excluding diaryl/α,β-unsaturated/α-hetero) is 1. The minimum absolute atomic E-state index is 0.0599. The van der Waals surface area contributed by atoms with Gasteiger partial charge in [-0.25, -0.2) is 4.79 Å². The van der Waals surface area contributed by atoms with Crippen LogP contribution in [0.25, 0.3) is 0 Å². The highest BCUT2D eigenvalue weighted by molar-refractivity contribution is 5.94. The number of hydrogen-bond donors (Lipinski definition) is 4. The number of epoxide rings is 1. The lowest BCUT2D eigenvalue weighted by molar-refractivity contribution is -0.301. The van der Waals surface area contributed by atoms with E-state index in [1.54, 1.807) is 6.26 Å². The van der Waals surface area contributed by atoms with Crippen LogP contribution < -0.4 is 5.32 Å². The number of carbonyl (C=O) groups excluding carboxylic acids is 3. The first-order valence-electron chi connectivity index (χ1n) is 35.2. The molecule has 4 N–H and O–H groups in total. The molecular formula is C74H92N2O11. The lowest BCUT2D eigenvalue weighted by Crippen LogP contribution is -2.82. The van der Waals surface area contributed by atoms with Crippen molar-refractivity contribution in [2.75, 3.05) is 26.4 Å². The summed E-state index contributed by atoms with van der Waals surface area (Å²) in [5.74, 6) is 0.280. The molecule has 19 rings (SSSR count). The molecule has 8 heterocycles. The molecule has 5 saturated heterocycles. The van der Waals surface area contributed by atoms with E-state index in [0.717, 1.165) is 115 Å². The molecule has 0 amide bonds. The Balaban J connectivity index is 0.803. The van der Waals surface area contributed by atoms with Crippen molar-refractivity contribution in [3.8, 4) is 0 Å². The van der Waals surface area contributed by atoms with Gasteiger partial charge in [-0.05, 0) is 203 Å². The number of nitrogens with one attached hydrogen (secondary N) is 1. The maximum atomic E-state index is 17.7. The number of fused-ring (bicyclic) bond motifs is 5. The van der Waals surface area contributed by atoms with Crippen molar-refractivity contribution in [3.05, 3.63) is 95.6 Å². The van der Waals surface area contributed by atoms with Crippen LogP contribution in [0.5, 0.6) is 0 Å². The maximum absolute atomic E-state index is 17.7. The summed E-state index contributed by atoms with van der Waals surface area (Å²) in [4.78, 5) is 51.9. The molecule has 17 aliphatic rings. The molecule has 464 valence electrons. The van der Waals surface area contributed by atoms with Gasteiger partial charge in [0, 0.05) is 46.7 Å². The number of allylic oxidation sites excluding steroid dienone is 3. The third kappa shape index (κ3) is 6.35. The van der Waals surface area contributed by atoms with Crippen molar-refractivity contribution in [2.24, 2.45) is 116 Å². The number of benzene rings is 1. The first-order chi connectivity index (χ1) is 42.2. The van der Waals surface area contributed by atoms with Crippen LogP contribution in [0.3, 0.4) is 0 Å². The van der Waals surface area contributed by atoms with Crippen LogP contribution in [0.15, 0.2) is 83.2 Å². The molecule has 87 heavy (non-hydrogen) atoms. The smallest absolute Gasteiger partial charge is 0.339 e. The van der Waals surface area contributed by atoms with E-state index in [9.17, 15) is 15.3 Å². The van der Waals surface area contributed by atoms with E-state index in [1.807, 2.05) is 6.07 Å². The van der Waals surface area contributed by atoms with Crippen LogP contribution in [-0.4, -0.2) is 106 Å². The zero-order valence-electron chi connectivity index (χ0n) is 51.2. The molecule has 9 saturated carbocycles. The molecule has 1 aromatic carbocycles. The minimum Gasteiger partial charge on any atom is -0.469 e. The van der Waals surface area contributed by atoms with E-state index in [1.165, 1.54) is 30.4 Å². The first kappa shape index (κ1) is 54.6. The summed E-state index contributed by atoms with van der Waals surface area (Å²) in [5.41, 5.74) is -4.25. The maximum Gasteiger partial charge on any atom is 0.339 e. The molecule has 2 aromatic rings. The zero-order valence-corrected chi connectivity index (χ0v) is 51.2. The fourth-order valence-electron chi connectivity index (χ4n) is 28.3. The Morgan fingerprint density at radius 3 is 2.59 bits per heavy atom. The van der Waals surface area contributed by atoms with E-state index >= 15 is 14.4 Å². The number of ketones is 1. The molecule has 7 aliphatic heterocycles. The number of cyclic esters (lactones) is 2. The second kappa shape index (κ2) is 18.3. The molecule has 28 atom stereocenters. The number of aliphatic hydroxyl groups is 3. The third-order valence-corrected chi connectivity index (χ3v) is 30.8. The van der Waals surface area contributed by atoms with Gasteiger partial charge in [0.2, 0.25) is 0 Å². The Morgan fingerprint density at radius 2 is 1.71 bits per heavy atom. The Bertz CT molecular complexity index is 3320. The van der Waals surface area contributed by atoms with Crippen molar-refractivity contribution >= 4 is 17.7 Å². The van der Waals surface area contributed by atoms with E-state index in [4.69, 9.17) is 23.4 Å². The van der Waals surface area contributed by atoms with E-state index in [0.29, 0.717) is 60.7 Å². The van der Waals surface area contributed by atoms with E-state index in [2.05, 4.69) is 84.9 Å². The Morgan fingerprint density at radius 1 is 0.851 bits per heavy atom. The average Bonchev–Trinajstić information content (AvgIpc) is 1.44. The molecule has 14 fully saturated rings. The second-order valence-electron chi connectivity index (χ2n) is 33.0. The van der Waals surface area contributed by atoms with E-state index < -0.39 is 86.6 Å². The lowest BCUT2D eigenvalue weighted by Gasteiger charge is -2.73. The summed E-state index contributed by atoms with van der Waals surface area (Å²) in [6.07, 6.45) is 28.7. The average molecular weight is 1190 g/mol. The molecule has 10 aliphatic carbocycles. The number of carbonyl (C=O) groups is 3. The second-order valence-corrected chi connectivity index (χ2v) is 33.0. The summed E-state index contributed by atoms with van der Waals surface area (Å²) >= 11 is 0. The van der Waals surface area contributed by atoms with Gasteiger partial charge < -0.3 is 43.6 Å². The largest absolute Gasteiger partial charge is 0.469 e.